The van der Waals surface area contributed by atoms with E-state index in [4.69, 9.17) is 0 Å². The predicted octanol–water partition coefficient (Wildman–Crippen LogP) is 3.42. The van der Waals surface area contributed by atoms with Crippen LogP contribution in [-0.4, -0.2) is 60.6 Å². The molecule has 2 amide bonds. The second kappa shape index (κ2) is 8.59. The molecule has 1 aliphatic heterocycles. The number of urea groups is 1. The Labute approximate surface area is 154 Å². The van der Waals surface area contributed by atoms with Crippen LogP contribution in [0.25, 0.3) is 10.8 Å². The molecule has 2 aromatic rings. The minimum atomic E-state index is 0.0577. The van der Waals surface area contributed by atoms with Crippen LogP contribution in [0.4, 0.5) is 4.79 Å². The Morgan fingerprint density at radius 3 is 2.88 bits per heavy atom. The zero-order chi connectivity index (χ0) is 17.6. The number of hydrogen-bond donors (Lipinski definition) is 1. The van der Waals surface area contributed by atoms with Gasteiger partial charge in [0.2, 0.25) is 0 Å². The van der Waals surface area contributed by atoms with Crippen molar-refractivity contribution < 1.29 is 4.79 Å². The van der Waals surface area contributed by atoms with Crippen molar-refractivity contribution in [2.75, 3.05) is 38.7 Å². The van der Waals surface area contributed by atoms with Gasteiger partial charge in [0.25, 0.3) is 0 Å². The van der Waals surface area contributed by atoms with Crippen LogP contribution >= 0.6 is 11.8 Å². The molecule has 1 N–H and O–H groups in total. The molecular formula is C20H27N3OS. The number of nitrogens with one attached hydrogen (secondary N) is 1. The van der Waals surface area contributed by atoms with Crippen LogP contribution in [0.1, 0.15) is 12.0 Å². The molecule has 1 atom stereocenters. The maximum atomic E-state index is 12.8. The fraction of sp³-hybridized carbons (Fsp3) is 0.450. The fourth-order valence-electron chi connectivity index (χ4n) is 3.39. The second-order valence-corrected chi connectivity index (χ2v) is 7.98. The van der Waals surface area contributed by atoms with Crippen molar-refractivity contribution in [2.45, 2.75) is 19.0 Å². The summed E-state index contributed by atoms with van der Waals surface area (Å²) in [4.78, 5) is 17.0. The van der Waals surface area contributed by atoms with Gasteiger partial charge in [0.15, 0.2) is 0 Å². The Morgan fingerprint density at radius 1 is 1.24 bits per heavy atom. The van der Waals surface area contributed by atoms with Crippen molar-refractivity contribution in [1.29, 1.82) is 0 Å². The summed E-state index contributed by atoms with van der Waals surface area (Å²) in [6.45, 7) is 2.32. The highest BCUT2D eigenvalue weighted by Crippen LogP contribution is 2.19. The van der Waals surface area contributed by atoms with E-state index in [2.05, 4.69) is 54.6 Å². The van der Waals surface area contributed by atoms with Gasteiger partial charge in [-0.25, -0.2) is 4.79 Å². The van der Waals surface area contributed by atoms with E-state index in [1.807, 2.05) is 28.8 Å². The summed E-state index contributed by atoms with van der Waals surface area (Å²) in [6, 6.07) is 14.9. The first kappa shape index (κ1) is 18.1. The topological polar surface area (TPSA) is 35.6 Å². The van der Waals surface area contributed by atoms with Gasteiger partial charge >= 0.3 is 6.03 Å². The zero-order valence-electron chi connectivity index (χ0n) is 15.1. The van der Waals surface area contributed by atoms with Crippen LogP contribution in [0.2, 0.25) is 0 Å². The molecule has 0 aromatic heterocycles. The smallest absolute Gasteiger partial charge is 0.317 e. The largest absolute Gasteiger partial charge is 0.334 e. The molecule has 134 valence electrons. The average Bonchev–Trinajstić information content (AvgIpc) is 2.84. The van der Waals surface area contributed by atoms with Gasteiger partial charge < -0.3 is 15.1 Å². The van der Waals surface area contributed by atoms with Gasteiger partial charge in [0.1, 0.15) is 0 Å². The van der Waals surface area contributed by atoms with Crippen LogP contribution in [0.15, 0.2) is 42.5 Å². The van der Waals surface area contributed by atoms with Crippen LogP contribution in [-0.2, 0) is 6.54 Å². The van der Waals surface area contributed by atoms with Crippen molar-refractivity contribution in [2.24, 2.45) is 0 Å². The third kappa shape index (κ3) is 4.67. The molecule has 0 saturated carbocycles. The molecule has 0 bridgehead atoms. The Morgan fingerprint density at radius 2 is 2.04 bits per heavy atom. The highest BCUT2D eigenvalue weighted by molar-refractivity contribution is 7.99. The average molecular weight is 358 g/mol. The number of likely N-dealkylation sites (N-methyl/N-ethyl adjacent to an activating group) is 1. The fourth-order valence-corrected chi connectivity index (χ4v) is 4.45. The molecule has 5 heteroatoms. The third-order valence-corrected chi connectivity index (χ3v) is 5.78. The monoisotopic (exact) mass is 357 g/mol. The zero-order valence-corrected chi connectivity index (χ0v) is 15.9. The molecule has 25 heavy (non-hydrogen) atoms. The lowest BCUT2D eigenvalue weighted by Crippen LogP contribution is -2.50. The highest BCUT2D eigenvalue weighted by Gasteiger charge is 2.26. The standard InChI is InChI=1S/C20H27N3OS/c1-22(2)14-18-15-25-12-6-11-23(18)20(24)21-13-17-9-5-8-16-7-3-4-10-19(16)17/h3-5,7-10,18H,6,11-15H2,1-2H3,(H,21,24)/t18-/m0/s1. The van der Waals surface area contributed by atoms with E-state index in [0.29, 0.717) is 6.54 Å². The summed E-state index contributed by atoms with van der Waals surface area (Å²) in [5.41, 5.74) is 1.17. The van der Waals surface area contributed by atoms with Crippen molar-refractivity contribution in [3.8, 4) is 0 Å². The predicted molar refractivity (Wildman–Crippen MR) is 107 cm³/mol. The van der Waals surface area contributed by atoms with Crippen molar-refractivity contribution in [3.63, 3.8) is 0 Å². The molecule has 0 aliphatic carbocycles. The van der Waals surface area contributed by atoms with E-state index >= 15 is 0 Å². The van der Waals surface area contributed by atoms with E-state index in [1.165, 1.54) is 16.3 Å². The lowest BCUT2D eigenvalue weighted by Gasteiger charge is -2.31. The Kier molecular flexibility index (Phi) is 6.21. The van der Waals surface area contributed by atoms with Crippen LogP contribution in [0.3, 0.4) is 0 Å². The van der Waals surface area contributed by atoms with Gasteiger partial charge in [-0.05, 0) is 42.6 Å². The Balaban J connectivity index is 1.69. The summed E-state index contributed by atoms with van der Waals surface area (Å²) in [5.74, 6) is 2.15. The van der Waals surface area contributed by atoms with Gasteiger partial charge in [-0.15, -0.1) is 0 Å². The number of hydrogen-bond acceptors (Lipinski definition) is 3. The lowest BCUT2D eigenvalue weighted by molar-refractivity contribution is 0.168. The third-order valence-electron chi connectivity index (χ3n) is 4.59. The lowest BCUT2D eigenvalue weighted by atomic mass is 10.0. The summed E-state index contributed by atoms with van der Waals surface area (Å²) in [6.07, 6.45) is 1.07. The Bertz CT molecular complexity index is 714. The minimum Gasteiger partial charge on any atom is -0.334 e. The number of benzene rings is 2. The molecule has 3 rings (SSSR count). The second-order valence-electron chi connectivity index (χ2n) is 6.83. The van der Waals surface area contributed by atoms with Gasteiger partial charge in [0.05, 0.1) is 6.04 Å². The number of carbonyl (C=O) groups excluding carboxylic acids is 1. The molecule has 1 fully saturated rings. The van der Waals surface area contributed by atoms with Gasteiger partial charge in [0, 0.05) is 25.4 Å². The number of rotatable bonds is 4. The first-order valence-corrected chi connectivity index (χ1v) is 10.0. The maximum absolute atomic E-state index is 12.8. The molecular weight excluding hydrogens is 330 g/mol. The summed E-state index contributed by atoms with van der Waals surface area (Å²) in [7, 11) is 4.14. The molecule has 1 heterocycles. The van der Waals surface area contributed by atoms with Crippen LogP contribution in [0, 0.1) is 0 Å². The van der Waals surface area contributed by atoms with Crippen molar-refractivity contribution >= 4 is 28.6 Å². The van der Waals surface area contributed by atoms with Crippen molar-refractivity contribution in [1.82, 2.24) is 15.1 Å². The molecule has 2 aromatic carbocycles. The van der Waals surface area contributed by atoms with Gasteiger partial charge in [-0.1, -0.05) is 42.5 Å². The highest BCUT2D eigenvalue weighted by atomic mass is 32.2. The minimum absolute atomic E-state index is 0.0577. The van der Waals surface area contributed by atoms with E-state index in [9.17, 15) is 4.79 Å². The molecule has 1 saturated heterocycles. The molecule has 4 nitrogen and oxygen atoms in total. The maximum Gasteiger partial charge on any atom is 0.317 e. The normalized spacial score (nSPS) is 18.4. The summed E-state index contributed by atoms with van der Waals surface area (Å²) in [5, 5.41) is 5.57. The summed E-state index contributed by atoms with van der Waals surface area (Å²) >= 11 is 1.95. The quantitative estimate of drug-likeness (QED) is 0.911. The summed E-state index contributed by atoms with van der Waals surface area (Å²) < 4.78 is 0. The van der Waals surface area contributed by atoms with E-state index in [0.717, 1.165) is 31.0 Å². The molecule has 0 unspecified atom stereocenters. The number of thioether (sulfide) groups is 1. The van der Waals surface area contributed by atoms with Crippen LogP contribution < -0.4 is 5.32 Å². The molecule has 0 radical (unpaired) electrons. The van der Waals surface area contributed by atoms with Crippen LogP contribution in [0.5, 0.6) is 0 Å². The molecule has 0 spiro atoms. The van der Waals surface area contributed by atoms with E-state index in [-0.39, 0.29) is 12.1 Å². The number of fused-ring (bicyclic) bond motifs is 1. The molecule has 1 aliphatic rings. The first-order chi connectivity index (χ1) is 12.1. The van der Waals surface area contributed by atoms with Crippen molar-refractivity contribution in [3.05, 3.63) is 48.0 Å². The number of carbonyl (C=O) groups is 1. The SMILES string of the molecule is CN(C)C[C@H]1CSCCCN1C(=O)NCc1cccc2ccccc12. The van der Waals surface area contributed by atoms with E-state index in [1.54, 1.807) is 0 Å². The van der Waals surface area contributed by atoms with E-state index < -0.39 is 0 Å². The number of amides is 2. The number of nitrogens with zero attached hydrogens (tertiary/aromatic N) is 2. The first-order valence-electron chi connectivity index (χ1n) is 8.89. The van der Waals surface area contributed by atoms with Gasteiger partial charge in [-0.2, -0.15) is 11.8 Å². The Hall–Kier alpha value is -1.72. The van der Waals surface area contributed by atoms with Gasteiger partial charge in [-0.3, -0.25) is 0 Å².